The average molecular weight is 770 g/mol. The van der Waals surface area contributed by atoms with E-state index in [0.29, 0.717) is 5.41 Å². The van der Waals surface area contributed by atoms with E-state index in [2.05, 4.69) is 96.6 Å². The van der Waals surface area contributed by atoms with Gasteiger partial charge in [-0.15, -0.1) is 0 Å². The highest BCUT2D eigenvalue weighted by atomic mass is 16.5. The summed E-state index contributed by atoms with van der Waals surface area (Å²) in [5.41, 5.74) is 5.00. The number of imidazole rings is 1. The number of hydrogen-bond acceptors (Lipinski definition) is 6. The van der Waals surface area contributed by atoms with Crippen LogP contribution < -0.4 is 20.5 Å². The lowest BCUT2D eigenvalue weighted by atomic mass is 9.47. The molecule has 2 aromatic rings. The fraction of sp³-hybridized carbons (Fsp3) is 0.750. The Kier molecular flexibility index (Phi) is 14.2. The molecule has 310 valence electrons. The van der Waals surface area contributed by atoms with Gasteiger partial charge in [0.1, 0.15) is 25.0 Å². The van der Waals surface area contributed by atoms with Crippen molar-refractivity contribution in [3.63, 3.8) is 0 Å². The number of benzene rings is 1. The molecule has 4 aliphatic carbocycles. The molecule has 1 saturated heterocycles. The first kappa shape index (κ1) is 41.6. The zero-order valence-electron chi connectivity index (χ0n) is 35.9. The van der Waals surface area contributed by atoms with Crippen molar-refractivity contribution >= 4 is 5.97 Å². The predicted molar refractivity (Wildman–Crippen MR) is 227 cm³/mol. The van der Waals surface area contributed by atoms with Gasteiger partial charge in [0.2, 0.25) is 6.33 Å². The molecule has 3 N–H and O–H groups in total. The van der Waals surface area contributed by atoms with Crippen LogP contribution in [-0.2, 0) is 29.2 Å². The van der Waals surface area contributed by atoms with Crippen molar-refractivity contribution in [3.05, 3.63) is 65.8 Å². The van der Waals surface area contributed by atoms with Gasteiger partial charge >= 0.3 is 5.97 Å². The second kappa shape index (κ2) is 19.0. The summed E-state index contributed by atoms with van der Waals surface area (Å²) in [7, 11) is 0. The van der Waals surface area contributed by atoms with Crippen LogP contribution in [0, 0.1) is 46.3 Å². The van der Waals surface area contributed by atoms with Crippen molar-refractivity contribution in [2.75, 3.05) is 52.4 Å². The second-order valence-corrected chi connectivity index (χ2v) is 19.7. The smallest absolute Gasteiger partial charge is 0.348 e. The molecule has 8 atom stereocenters. The number of nitrogens with one attached hydrogen (secondary N) is 3. The highest BCUT2D eigenvalue weighted by Crippen LogP contribution is 2.67. The van der Waals surface area contributed by atoms with Crippen molar-refractivity contribution in [3.8, 4) is 0 Å². The normalized spacial score (nSPS) is 32.3. The highest BCUT2D eigenvalue weighted by Gasteiger charge is 2.59. The molecule has 0 radical (unpaired) electrons. The molecular weight excluding hydrogens is 693 g/mol. The lowest BCUT2D eigenvalue weighted by molar-refractivity contribution is -0.687. The van der Waals surface area contributed by atoms with E-state index in [0.717, 1.165) is 120 Å². The first-order chi connectivity index (χ1) is 27.1. The van der Waals surface area contributed by atoms with Gasteiger partial charge in [-0.05, 0) is 102 Å². The third kappa shape index (κ3) is 10.0. The molecular formula is C48H77N6O2+. The Morgan fingerprint density at radius 1 is 0.875 bits per heavy atom. The van der Waals surface area contributed by atoms with Gasteiger partial charge in [-0.25, -0.2) is 13.9 Å². The second-order valence-electron chi connectivity index (χ2n) is 19.7. The highest BCUT2D eigenvalue weighted by molar-refractivity contribution is 5.69. The number of ether oxygens (including phenoxy) is 1. The molecule has 1 aromatic heterocycles. The van der Waals surface area contributed by atoms with E-state index in [4.69, 9.17) is 4.74 Å². The van der Waals surface area contributed by atoms with Crippen LogP contribution in [-0.4, -0.2) is 73.9 Å². The maximum Gasteiger partial charge on any atom is 0.348 e. The molecule has 0 bridgehead atoms. The number of allylic oxidation sites excluding steroid dienone is 1. The van der Waals surface area contributed by atoms with Crippen molar-refractivity contribution in [2.45, 2.75) is 131 Å². The van der Waals surface area contributed by atoms with Gasteiger partial charge < -0.3 is 20.7 Å². The van der Waals surface area contributed by atoms with Gasteiger partial charge in [0.05, 0.1) is 0 Å². The molecule has 3 saturated carbocycles. The van der Waals surface area contributed by atoms with Crippen LogP contribution in [0.3, 0.4) is 0 Å². The number of esters is 1. The Morgan fingerprint density at radius 3 is 2.32 bits per heavy atom. The van der Waals surface area contributed by atoms with E-state index in [1.807, 2.05) is 17.1 Å². The van der Waals surface area contributed by atoms with Gasteiger partial charge in [0.15, 0.2) is 6.54 Å². The van der Waals surface area contributed by atoms with Crippen molar-refractivity contribution in [1.82, 2.24) is 25.4 Å². The third-order valence-corrected chi connectivity index (χ3v) is 15.6. The fourth-order valence-corrected chi connectivity index (χ4v) is 12.4. The molecule has 2 heterocycles. The van der Waals surface area contributed by atoms with E-state index >= 15 is 0 Å². The topological polar surface area (TPSA) is 74.4 Å². The number of rotatable bonds is 12. The lowest BCUT2D eigenvalue weighted by Gasteiger charge is -2.58. The van der Waals surface area contributed by atoms with E-state index < -0.39 is 0 Å². The zero-order valence-corrected chi connectivity index (χ0v) is 35.9. The third-order valence-electron chi connectivity index (χ3n) is 15.6. The molecule has 8 nitrogen and oxygen atoms in total. The number of nitrogens with zero attached hydrogens (tertiary/aromatic N) is 3. The van der Waals surface area contributed by atoms with Crippen LogP contribution in [0.5, 0.6) is 0 Å². The Hall–Kier alpha value is -2.52. The average Bonchev–Trinajstić information content (AvgIpc) is 3.76. The molecule has 5 aliphatic rings. The molecule has 8 heteroatoms. The van der Waals surface area contributed by atoms with E-state index in [1.54, 1.807) is 5.57 Å². The van der Waals surface area contributed by atoms with Gasteiger partial charge in [-0.1, -0.05) is 89.8 Å². The monoisotopic (exact) mass is 770 g/mol. The molecule has 0 unspecified atom stereocenters. The quantitative estimate of drug-likeness (QED) is 0.119. The first-order valence-corrected chi connectivity index (χ1v) is 23.0. The lowest BCUT2D eigenvalue weighted by Crippen LogP contribution is -2.51. The number of aromatic nitrogens is 2. The standard InChI is InChI=1S/C48H77N6O2/c1-36(2)7-6-8-37(3)43-15-16-44-42-14-13-40-31-41(17-19-47(40,4)45(42)18-20-48(43,44)5)56-46(55)34-54-30-29-53(35-54)33-39-11-9-38(10-12-39)32-52-27-25-50-23-21-49-22-24-51-26-28-52/h9-13,29-30,35-37,41-45,49-51H,6-8,14-28,31-34H2,1-5H3/q+1/t37-,41+,42+,43-,44+,45+,47+,48-/m1/s1. The molecule has 56 heavy (non-hydrogen) atoms. The minimum absolute atomic E-state index is 0.00237. The number of hydrogen-bond donors (Lipinski definition) is 3. The summed E-state index contributed by atoms with van der Waals surface area (Å²) in [6, 6.07) is 9.04. The van der Waals surface area contributed by atoms with Crippen LogP contribution in [0.15, 0.2) is 54.6 Å². The molecule has 1 aromatic carbocycles. The van der Waals surface area contributed by atoms with Crippen molar-refractivity contribution < 1.29 is 14.1 Å². The summed E-state index contributed by atoms with van der Waals surface area (Å²) >= 11 is 0. The Bertz CT molecular complexity index is 1570. The largest absolute Gasteiger partial charge is 0.459 e. The summed E-state index contributed by atoms with van der Waals surface area (Å²) < 4.78 is 10.4. The Balaban J connectivity index is 0.872. The zero-order chi connectivity index (χ0) is 39.1. The summed E-state index contributed by atoms with van der Waals surface area (Å²) in [6.07, 6.45) is 22.9. The summed E-state index contributed by atoms with van der Waals surface area (Å²) in [5, 5.41) is 10.6. The van der Waals surface area contributed by atoms with Crippen LogP contribution in [0.4, 0.5) is 0 Å². The number of carbonyl (C=O) groups is 1. The minimum Gasteiger partial charge on any atom is -0.459 e. The first-order valence-electron chi connectivity index (χ1n) is 23.0. The Morgan fingerprint density at radius 2 is 1.59 bits per heavy atom. The van der Waals surface area contributed by atoms with Crippen LogP contribution >= 0.6 is 0 Å². The molecule has 7 rings (SSSR count). The summed E-state index contributed by atoms with van der Waals surface area (Å²) in [4.78, 5) is 15.8. The molecule has 1 aliphatic heterocycles. The number of carbonyl (C=O) groups excluding carboxylic acids is 1. The van der Waals surface area contributed by atoms with Gasteiger partial charge in [0, 0.05) is 65.3 Å². The Labute approximate surface area is 340 Å². The maximum atomic E-state index is 13.3. The molecule has 4 fully saturated rings. The van der Waals surface area contributed by atoms with E-state index in [-0.39, 0.29) is 24.0 Å². The maximum absolute atomic E-state index is 13.3. The van der Waals surface area contributed by atoms with Crippen molar-refractivity contribution in [1.29, 1.82) is 0 Å². The SMILES string of the molecule is CC(C)CCC[C@@H](C)[C@H]1CC[C@H]2[C@@H]3CC=C4C[C@@H](OC(=O)Cn5cc[n+](Cc6ccc(CN7CCNCCNCCNCC7)cc6)c5)CC[C@]4(C)[C@H]3CC[C@]12C. The number of fused-ring (bicyclic) bond motifs is 5. The molecule has 0 spiro atoms. The van der Waals surface area contributed by atoms with Crippen LogP contribution in [0.25, 0.3) is 0 Å². The van der Waals surface area contributed by atoms with E-state index in [9.17, 15) is 4.79 Å². The molecule has 0 amide bonds. The van der Waals surface area contributed by atoms with E-state index in [1.165, 1.54) is 62.5 Å². The van der Waals surface area contributed by atoms with Gasteiger partial charge in [-0.2, -0.15) is 0 Å². The summed E-state index contributed by atoms with van der Waals surface area (Å²) in [6.45, 7) is 22.8. The van der Waals surface area contributed by atoms with Crippen LogP contribution in [0.1, 0.15) is 116 Å². The predicted octanol–water partition coefficient (Wildman–Crippen LogP) is 7.36. The fourth-order valence-electron chi connectivity index (χ4n) is 12.4. The van der Waals surface area contributed by atoms with Gasteiger partial charge in [-0.3, -0.25) is 4.90 Å². The van der Waals surface area contributed by atoms with Gasteiger partial charge in [0.25, 0.3) is 0 Å². The van der Waals surface area contributed by atoms with Crippen molar-refractivity contribution in [2.24, 2.45) is 46.3 Å². The minimum atomic E-state index is -0.114. The summed E-state index contributed by atoms with van der Waals surface area (Å²) in [5.74, 6) is 4.97. The van der Waals surface area contributed by atoms with Crippen LogP contribution in [0.2, 0.25) is 0 Å².